The molecule has 3 aromatic carbocycles. The number of benzene rings is 3. The summed E-state index contributed by atoms with van der Waals surface area (Å²) in [5, 5.41) is 3.40. The lowest BCUT2D eigenvalue weighted by atomic mass is 9.87. The number of halogens is 2. The summed E-state index contributed by atoms with van der Waals surface area (Å²) in [5.41, 5.74) is 2.01. The lowest BCUT2D eigenvalue weighted by Crippen LogP contribution is -2.46. The molecule has 164 valence electrons. The first-order valence-corrected chi connectivity index (χ1v) is 11.0. The van der Waals surface area contributed by atoms with E-state index in [2.05, 4.69) is 5.32 Å². The van der Waals surface area contributed by atoms with Crippen molar-refractivity contribution in [2.45, 2.75) is 25.4 Å². The Kier molecular flexibility index (Phi) is 6.86. The van der Waals surface area contributed by atoms with Gasteiger partial charge in [-0.2, -0.15) is 0 Å². The average molecular weight is 451 g/mol. The number of piperidine rings is 1. The predicted molar refractivity (Wildman–Crippen MR) is 123 cm³/mol. The molecule has 4 rings (SSSR count). The van der Waals surface area contributed by atoms with Crippen LogP contribution in [0, 0.1) is 11.7 Å². The van der Waals surface area contributed by atoms with E-state index in [1.807, 2.05) is 30.3 Å². The Morgan fingerprint density at radius 2 is 1.62 bits per heavy atom. The Bertz CT molecular complexity index is 1090. The van der Waals surface area contributed by atoms with Crippen LogP contribution >= 0.6 is 11.6 Å². The smallest absolute Gasteiger partial charge is 0.254 e. The van der Waals surface area contributed by atoms with Gasteiger partial charge in [-0.3, -0.25) is 9.59 Å². The van der Waals surface area contributed by atoms with Crippen molar-refractivity contribution in [1.29, 1.82) is 0 Å². The SMILES string of the molecule is O=C(NCc1ccccc1F)[C@@H]1CC[C@H](c2ccccc2)N(C(=O)c2ccc(Cl)cc2)C1. The highest BCUT2D eigenvalue weighted by atomic mass is 35.5. The number of carbonyl (C=O) groups is 2. The standard InChI is InChI=1S/C26H24ClFN2O2/c27-22-13-10-19(11-14-22)26(32)30-17-21(12-15-24(30)18-6-2-1-3-7-18)25(31)29-16-20-8-4-5-9-23(20)28/h1-11,13-14,21,24H,12,15-17H2,(H,29,31)/t21-,24-/m1/s1. The highest BCUT2D eigenvalue weighted by Gasteiger charge is 2.35. The van der Waals surface area contributed by atoms with Gasteiger partial charge in [-0.05, 0) is 48.7 Å². The van der Waals surface area contributed by atoms with Crippen LogP contribution in [0.25, 0.3) is 0 Å². The summed E-state index contributed by atoms with van der Waals surface area (Å²) >= 11 is 5.98. The van der Waals surface area contributed by atoms with Crippen molar-refractivity contribution in [2.24, 2.45) is 5.92 Å². The Morgan fingerprint density at radius 3 is 2.34 bits per heavy atom. The van der Waals surface area contributed by atoms with Crippen LogP contribution in [0.1, 0.15) is 40.4 Å². The normalized spacial score (nSPS) is 18.2. The molecular formula is C26H24ClFN2O2. The molecule has 2 amide bonds. The van der Waals surface area contributed by atoms with Crippen LogP contribution in [-0.4, -0.2) is 23.3 Å². The maximum absolute atomic E-state index is 13.9. The van der Waals surface area contributed by atoms with E-state index in [0.29, 0.717) is 35.5 Å². The van der Waals surface area contributed by atoms with E-state index in [4.69, 9.17) is 11.6 Å². The van der Waals surface area contributed by atoms with Crippen LogP contribution in [0.5, 0.6) is 0 Å². The van der Waals surface area contributed by atoms with Crippen molar-refractivity contribution >= 4 is 23.4 Å². The van der Waals surface area contributed by atoms with Gasteiger partial charge in [0.15, 0.2) is 0 Å². The minimum atomic E-state index is -0.363. The molecule has 1 fully saturated rings. The summed E-state index contributed by atoms with van der Waals surface area (Å²) in [5.74, 6) is -1.02. The second-order valence-corrected chi connectivity index (χ2v) is 8.41. The summed E-state index contributed by atoms with van der Waals surface area (Å²) in [7, 11) is 0. The van der Waals surface area contributed by atoms with Crippen LogP contribution in [-0.2, 0) is 11.3 Å². The molecule has 0 unspecified atom stereocenters. The number of hydrogen-bond acceptors (Lipinski definition) is 2. The van der Waals surface area contributed by atoms with Crippen LogP contribution < -0.4 is 5.32 Å². The van der Waals surface area contributed by atoms with Crippen LogP contribution in [0.4, 0.5) is 4.39 Å². The van der Waals surface area contributed by atoms with Crippen molar-refractivity contribution in [2.75, 3.05) is 6.54 Å². The maximum atomic E-state index is 13.9. The molecule has 1 saturated heterocycles. The number of likely N-dealkylation sites (tertiary alicyclic amines) is 1. The molecule has 0 aliphatic carbocycles. The fourth-order valence-electron chi connectivity index (χ4n) is 4.16. The molecule has 0 aromatic heterocycles. The van der Waals surface area contributed by atoms with E-state index in [9.17, 15) is 14.0 Å². The molecule has 1 N–H and O–H groups in total. The molecule has 2 atom stereocenters. The first-order chi connectivity index (χ1) is 15.5. The molecule has 4 nitrogen and oxygen atoms in total. The number of amides is 2. The van der Waals surface area contributed by atoms with Crippen molar-refractivity contribution in [3.05, 3.63) is 106 Å². The lowest BCUT2D eigenvalue weighted by Gasteiger charge is -2.39. The van der Waals surface area contributed by atoms with Gasteiger partial charge in [0.25, 0.3) is 5.91 Å². The van der Waals surface area contributed by atoms with Crippen molar-refractivity contribution < 1.29 is 14.0 Å². The minimum absolute atomic E-state index is 0.116. The van der Waals surface area contributed by atoms with Gasteiger partial charge in [0.1, 0.15) is 5.82 Å². The van der Waals surface area contributed by atoms with E-state index < -0.39 is 0 Å². The molecule has 1 aliphatic rings. The summed E-state index contributed by atoms with van der Waals surface area (Å²) in [6.45, 7) is 0.416. The molecule has 32 heavy (non-hydrogen) atoms. The number of nitrogens with zero attached hydrogens (tertiary/aromatic N) is 1. The molecular weight excluding hydrogens is 427 g/mol. The topological polar surface area (TPSA) is 49.4 Å². The van der Waals surface area contributed by atoms with Gasteiger partial charge in [0, 0.05) is 29.2 Å². The number of hydrogen-bond donors (Lipinski definition) is 1. The summed E-state index contributed by atoms with van der Waals surface area (Å²) in [6, 6.07) is 22.9. The third-order valence-electron chi connectivity index (χ3n) is 5.90. The first-order valence-electron chi connectivity index (χ1n) is 10.7. The minimum Gasteiger partial charge on any atom is -0.352 e. The van der Waals surface area contributed by atoms with Crippen LogP contribution in [0.3, 0.4) is 0 Å². The Balaban J connectivity index is 1.52. The lowest BCUT2D eigenvalue weighted by molar-refractivity contribution is -0.127. The number of carbonyl (C=O) groups excluding carboxylic acids is 2. The molecule has 0 saturated carbocycles. The molecule has 0 radical (unpaired) electrons. The highest BCUT2D eigenvalue weighted by Crippen LogP contribution is 2.34. The monoisotopic (exact) mass is 450 g/mol. The molecule has 1 aliphatic heterocycles. The molecule has 3 aromatic rings. The Hall–Kier alpha value is -3.18. The summed E-state index contributed by atoms with van der Waals surface area (Å²) in [6.07, 6.45) is 1.31. The zero-order valence-corrected chi connectivity index (χ0v) is 18.3. The quantitative estimate of drug-likeness (QED) is 0.566. The predicted octanol–water partition coefficient (Wildman–Crippen LogP) is 5.39. The fraction of sp³-hybridized carbons (Fsp3) is 0.231. The second kappa shape index (κ2) is 9.96. The van der Waals surface area contributed by atoms with E-state index in [-0.39, 0.29) is 36.1 Å². The molecule has 1 heterocycles. The van der Waals surface area contributed by atoms with Crippen molar-refractivity contribution in [3.8, 4) is 0 Å². The molecule has 0 spiro atoms. The van der Waals surface area contributed by atoms with E-state index in [1.165, 1.54) is 6.07 Å². The van der Waals surface area contributed by atoms with Gasteiger partial charge in [0.2, 0.25) is 5.91 Å². The van der Waals surface area contributed by atoms with Gasteiger partial charge < -0.3 is 10.2 Å². The fourth-order valence-corrected chi connectivity index (χ4v) is 4.28. The van der Waals surface area contributed by atoms with Crippen molar-refractivity contribution in [1.82, 2.24) is 10.2 Å². The van der Waals surface area contributed by atoms with Gasteiger partial charge in [-0.15, -0.1) is 0 Å². The van der Waals surface area contributed by atoms with Gasteiger partial charge >= 0.3 is 0 Å². The number of nitrogens with one attached hydrogen (secondary N) is 1. The van der Waals surface area contributed by atoms with Crippen molar-refractivity contribution in [3.63, 3.8) is 0 Å². The maximum Gasteiger partial charge on any atom is 0.254 e. The van der Waals surface area contributed by atoms with E-state index in [0.717, 1.165) is 5.56 Å². The molecule has 6 heteroatoms. The highest BCUT2D eigenvalue weighted by molar-refractivity contribution is 6.30. The van der Waals surface area contributed by atoms with E-state index >= 15 is 0 Å². The average Bonchev–Trinajstić information content (AvgIpc) is 2.83. The molecule has 0 bridgehead atoms. The second-order valence-electron chi connectivity index (χ2n) is 7.97. The van der Waals surface area contributed by atoms with E-state index in [1.54, 1.807) is 47.4 Å². The summed E-state index contributed by atoms with van der Waals surface area (Å²) in [4.78, 5) is 28.0. The van der Waals surface area contributed by atoms with Crippen LogP contribution in [0.2, 0.25) is 5.02 Å². The summed E-state index contributed by atoms with van der Waals surface area (Å²) < 4.78 is 13.9. The van der Waals surface area contributed by atoms with Gasteiger partial charge in [-0.25, -0.2) is 4.39 Å². The zero-order valence-electron chi connectivity index (χ0n) is 17.5. The van der Waals surface area contributed by atoms with Gasteiger partial charge in [-0.1, -0.05) is 60.1 Å². The Morgan fingerprint density at radius 1 is 0.938 bits per heavy atom. The van der Waals surface area contributed by atoms with Crippen LogP contribution in [0.15, 0.2) is 78.9 Å². The third-order valence-corrected chi connectivity index (χ3v) is 6.15. The van der Waals surface area contributed by atoms with Gasteiger partial charge in [0.05, 0.1) is 12.0 Å². The largest absolute Gasteiger partial charge is 0.352 e. The zero-order chi connectivity index (χ0) is 22.5. The number of rotatable bonds is 5. The Labute approximate surface area is 192 Å². The third kappa shape index (κ3) is 5.00. The first kappa shape index (κ1) is 22.0.